The minimum atomic E-state index is -3.33. The maximum Gasteiger partial charge on any atom is 0.315 e. The van der Waals surface area contributed by atoms with E-state index in [1.165, 1.54) is 0 Å². The molecule has 126 valence electrons. The average molecular weight is 346 g/mol. The van der Waals surface area contributed by atoms with Crippen LogP contribution in [0.25, 0.3) is 0 Å². The molecule has 3 rings (SSSR count). The van der Waals surface area contributed by atoms with E-state index in [4.69, 9.17) is 4.74 Å². The Hall–Kier alpha value is -2.54. The molecule has 0 unspecified atom stereocenters. The van der Waals surface area contributed by atoms with Crippen molar-refractivity contribution < 1.29 is 17.9 Å². The zero-order valence-corrected chi connectivity index (χ0v) is 13.8. The Labute approximate surface area is 140 Å². The van der Waals surface area contributed by atoms with Gasteiger partial charge in [0.05, 0.1) is 23.2 Å². The van der Waals surface area contributed by atoms with Gasteiger partial charge in [0.1, 0.15) is 12.4 Å². The first-order valence-electron chi connectivity index (χ1n) is 7.60. The Morgan fingerprint density at radius 3 is 2.58 bits per heavy atom. The summed E-state index contributed by atoms with van der Waals surface area (Å²) in [5.74, 6) is 0.621. The Morgan fingerprint density at radius 1 is 1.08 bits per heavy atom. The summed E-state index contributed by atoms with van der Waals surface area (Å²) in [6.07, 6.45) is 0. The highest BCUT2D eigenvalue weighted by Gasteiger charge is 2.35. The van der Waals surface area contributed by atoms with Crippen molar-refractivity contribution in [2.75, 3.05) is 18.9 Å². The second kappa shape index (κ2) is 6.92. The minimum Gasteiger partial charge on any atom is -0.492 e. The molecule has 1 atom stereocenters. The van der Waals surface area contributed by atoms with Crippen LogP contribution in [0.3, 0.4) is 0 Å². The van der Waals surface area contributed by atoms with E-state index >= 15 is 0 Å². The predicted molar refractivity (Wildman–Crippen MR) is 89.7 cm³/mol. The van der Waals surface area contributed by atoms with E-state index < -0.39 is 21.9 Å². The summed E-state index contributed by atoms with van der Waals surface area (Å²) in [6.45, 7) is 0.652. The third-order valence-electron chi connectivity index (χ3n) is 3.72. The van der Waals surface area contributed by atoms with Gasteiger partial charge in [0, 0.05) is 0 Å². The Kier molecular flexibility index (Phi) is 4.71. The predicted octanol–water partition coefficient (Wildman–Crippen LogP) is 1.89. The lowest BCUT2D eigenvalue weighted by molar-refractivity contribution is 0.234. The van der Waals surface area contributed by atoms with Crippen molar-refractivity contribution in [1.82, 2.24) is 10.6 Å². The van der Waals surface area contributed by atoms with Crippen LogP contribution in [0.4, 0.5) is 4.79 Å². The molecular weight excluding hydrogens is 328 g/mol. The van der Waals surface area contributed by atoms with Gasteiger partial charge in [-0.15, -0.1) is 0 Å². The van der Waals surface area contributed by atoms with E-state index in [1.54, 1.807) is 24.3 Å². The number of hydrogen-bond acceptors (Lipinski definition) is 4. The van der Waals surface area contributed by atoms with Crippen molar-refractivity contribution in [2.45, 2.75) is 10.9 Å². The molecule has 0 aliphatic carbocycles. The second-order valence-electron chi connectivity index (χ2n) is 5.43. The third-order valence-corrected chi connectivity index (χ3v) is 5.53. The van der Waals surface area contributed by atoms with Crippen LogP contribution in [0.15, 0.2) is 59.5 Å². The average Bonchev–Trinajstić information content (AvgIpc) is 2.84. The van der Waals surface area contributed by atoms with Gasteiger partial charge in [-0.25, -0.2) is 13.2 Å². The normalized spacial score (nSPS) is 17.8. The van der Waals surface area contributed by atoms with Crippen molar-refractivity contribution >= 4 is 15.9 Å². The number of nitrogens with one attached hydrogen (secondary N) is 2. The van der Waals surface area contributed by atoms with Gasteiger partial charge >= 0.3 is 6.03 Å². The van der Waals surface area contributed by atoms with Gasteiger partial charge in [-0.2, -0.15) is 0 Å². The quantitative estimate of drug-likeness (QED) is 0.810. The molecule has 2 amide bonds. The number of carbonyl (C=O) groups excluding carboxylic acids is 1. The zero-order valence-electron chi connectivity index (χ0n) is 12.9. The van der Waals surface area contributed by atoms with Crippen LogP contribution in [0.1, 0.15) is 11.6 Å². The van der Waals surface area contributed by atoms with Crippen LogP contribution < -0.4 is 15.4 Å². The molecule has 2 aromatic rings. The summed E-state index contributed by atoms with van der Waals surface area (Å²) in [5.41, 5.74) is 0.633. The molecule has 0 radical (unpaired) electrons. The molecule has 0 aromatic heterocycles. The van der Waals surface area contributed by atoms with Crippen LogP contribution in [-0.4, -0.2) is 33.4 Å². The summed E-state index contributed by atoms with van der Waals surface area (Å²) in [5, 5.41) is 5.37. The molecule has 1 aliphatic heterocycles. The highest BCUT2D eigenvalue weighted by molar-refractivity contribution is 7.91. The molecule has 1 heterocycles. The van der Waals surface area contributed by atoms with Crippen LogP contribution >= 0.6 is 0 Å². The number of hydrogen-bond donors (Lipinski definition) is 2. The lowest BCUT2D eigenvalue weighted by Gasteiger charge is -2.14. The first-order chi connectivity index (χ1) is 11.6. The smallest absolute Gasteiger partial charge is 0.315 e. The number of fused-ring (bicyclic) bond motifs is 1. The van der Waals surface area contributed by atoms with Crippen LogP contribution in [0, 0.1) is 0 Å². The number of sulfone groups is 1. The van der Waals surface area contributed by atoms with Crippen LogP contribution in [0.5, 0.6) is 5.75 Å². The topological polar surface area (TPSA) is 84.5 Å². The Balaban J connectivity index is 1.49. The summed E-state index contributed by atoms with van der Waals surface area (Å²) in [4.78, 5) is 12.3. The number of para-hydroxylation sites is 1. The summed E-state index contributed by atoms with van der Waals surface area (Å²) in [7, 11) is -3.33. The highest BCUT2D eigenvalue weighted by atomic mass is 32.2. The maximum absolute atomic E-state index is 12.1. The van der Waals surface area contributed by atoms with Crippen molar-refractivity contribution in [1.29, 1.82) is 0 Å². The molecule has 6 nitrogen and oxygen atoms in total. The van der Waals surface area contributed by atoms with Gasteiger partial charge in [0.15, 0.2) is 9.84 Å². The molecular formula is C17H18N2O4S. The van der Waals surface area contributed by atoms with Crippen molar-refractivity contribution in [3.8, 4) is 5.75 Å². The monoisotopic (exact) mass is 346 g/mol. The fourth-order valence-electron chi connectivity index (χ4n) is 2.63. The van der Waals surface area contributed by atoms with E-state index in [0.29, 0.717) is 23.6 Å². The minimum absolute atomic E-state index is 0.111. The molecule has 0 fully saturated rings. The summed E-state index contributed by atoms with van der Waals surface area (Å²) >= 11 is 0. The molecule has 7 heteroatoms. The Morgan fingerprint density at radius 2 is 1.79 bits per heavy atom. The standard InChI is InChI=1S/C17H18N2O4S/c20-17(18-10-11-23-13-6-2-1-3-7-13)19-15-12-24(21,22)16-9-5-4-8-14(15)16/h1-9,15H,10-12H2,(H2,18,19,20)/t15-/m0/s1. The van der Waals surface area contributed by atoms with Crippen molar-refractivity contribution in [3.63, 3.8) is 0 Å². The number of carbonyl (C=O) groups is 1. The number of rotatable bonds is 5. The maximum atomic E-state index is 12.1. The van der Waals surface area contributed by atoms with Gasteiger partial charge in [0.2, 0.25) is 0 Å². The van der Waals surface area contributed by atoms with E-state index in [9.17, 15) is 13.2 Å². The van der Waals surface area contributed by atoms with Gasteiger partial charge in [-0.1, -0.05) is 36.4 Å². The number of amides is 2. The number of urea groups is 1. The summed E-state index contributed by atoms with van der Waals surface area (Å²) in [6, 6.07) is 15.1. The zero-order chi connectivity index (χ0) is 17.0. The van der Waals surface area contributed by atoms with E-state index in [1.807, 2.05) is 30.3 Å². The first-order valence-corrected chi connectivity index (χ1v) is 9.25. The molecule has 0 spiro atoms. The van der Waals surface area contributed by atoms with Gasteiger partial charge < -0.3 is 15.4 Å². The fraction of sp³-hybridized carbons (Fsp3) is 0.235. The molecule has 24 heavy (non-hydrogen) atoms. The molecule has 0 bridgehead atoms. The molecule has 0 saturated carbocycles. The SMILES string of the molecule is O=C(NCCOc1ccccc1)N[C@H]1CS(=O)(=O)c2ccccc21. The molecule has 0 saturated heterocycles. The fourth-order valence-corrected chi connectivity index (χ4v) is 4.37. The van der Waals surface area contributed by atoms with Crippen LogP contribution in [-0.2, 0) is 9.84 Å². The lowest BCUT2D eigenvalue weighted by Crippen LogP contribution is -2.40. The molecule has 2 N–H and O–H groups in total. The molecule has 1 aliphatic rings. The lowest BCUT2D eigenvalue weighted by atomic mass is 10.1. The first kappa shape index (κ1) is 16.3. The van der Waals surface area contributed by atoms with Gasteiger partial charge in [-0.05, 0) is 23.8 Å². The second-order valence-corrected chi connectivity index (χ2v) is 7.44. The van der Waals surface area contributed by atoms with E-state index in [0.717, 1.165) is 5.75 Å². The number of ether oxygens (including phenoxy) is 1. The Bertz CT molecular complexity index is 821. The van der Waals surface area contributed by atoms with Gasteiger partial charge in [-0.3, -0.25) is 0 Å². The van der Waals surface area contributed by atoms with E-state index in [2.05, 4.69) is 10.6 Å². The largest absolute Gasteiger partial charge is 0.492 e. The van der Waals surface area contributed by atoms with Gasteiger partial charge in [0.25, 0.3) is 0 Å². The van der Waals surface area contributed by atoms with Crippen molar-refractivity contribution in [3.05, 3.63) is 60.2 Å². The number of benzene rings is 2. The van der Waals surface area contributed by atoms with Crippen molar-refractivity contribution in [2.24, 2.45) is 0 Å². The third kappa shape index (κ3) is 3.68. The van der Waals surface area contributed by atoms with Crippen LogP contribution in [0.2, 0.25) is 0 Å². The van der Waals surface area contributed by atoms with E-state index in [-0.39, 0.29) is 5.75 Å². The summed E-state index contributed by atoms with van der Waals surface area (Å²) < 4.78 is 29.6. The highest BCUT2D eigenvalue weighted by Crippen LogP contribution is 2.32. The molecule has 2 aromatic carbocycles.